The number of hydrogen-bond donors (Lipinski definition) is 2. The molecule has 0 radical (unpaired) electrons. The first kappa shape index (κ1) is 12.2. The predicted molar refractivity (Wildman–Crippen MR) is 76.7 cm³/mol. The van der Waals surface area contributed by atoms with E-state index in [9.17, 15) is 0 Å². The Morgan fingerprint density at radius 2 is 1.94 bits per heavy atom. The Balaban J connectivity index is 2.11. The van der Waals surface area contributed by atoms with Gasteiger partial charge in [-0.25, -0.2) is 4.98 Å². The predicted octanol–water partition coefficient (Wildman–Crippen LogP) is 2.34. The van der Waals surface area contributed by atoms with E-state index in [4.69, 9.17) is 5.73 Å². The lowest BCUT2D eigenvalue weighted by Gasteiger charge is -2.15. The van der Waals surface area contributed by atoms with Crippen molar-refractivity contribution in [1.29, 1.82) is 0 Å². The van der Waals surface area contributed by atoms with Gasteiger partial charge in [-0.3, -0.25) is 0 Å². The van der Waals surface area contributed by atoms with Crippen molar-refractivity contribution in [3.63, 3.8) is 0 Å². The highest BCUT2D eigenvalue weighted by Crippen LogP contribution is 2.22. The van der Waals surface area contributed by atoms with E-state index in [0.717, 1.165) is 18.1 Å². The van der Waals surface area contributed by atoms with Gasteiger partial charge < -0.3 is 16.0 Å². The van der Waals surface area contributed by atoms with Crippen molar-refractivity contribution >= 4 is 17.2 Å². The Kier molecular flexibility index (Phi) is 3.67. The third-order valence-electron chi connectivity index (χ3n) is 2.70. The molecular weight excluding hydrogens is 224 g/mol. The van der Waals surface area contributed by atoms with E-state index in [0.29, 0.717) is 5.69 Å². The van der Waals surface area contributed by atoms with Crippen LogP contribution in [-0.4, -0.2) is 19.1 Å². The lowest BCUT2D eigenvalue weighted by Crippen LogP contribution is -2.12. The molecule has 0 aliphatic carbocycles. The van der Waals surface area contributed by atoms with Crippen LogP contribution in [0, 0.1) is 0 Å². The van der Waals surface area contributed by atoms with Crippen molar-refractivity contribution in [2.45, 2.75) is 6.54 Å². The van der Waals surface area contributed by atoms with E-state index < -0.39 is 0 Å². The van der Waals surface area contributed by atoms with Crippen LogP contribution in [-0.2, 0) is 6.54 Å². The molecule has 0 unspecified atom stereocenters. The second kappa shape index (κ2) is 5.40. The molecule has 2 aromatic rings. The summed E-state index contributed by atoms with van der Waals surface area (Å²) < 4.78 is 0. The third-order valence-corrected chi connectivity index (χ3v) is 2.70. The summed E-state index contributed by atoms with van der Waals surface area (Å²) in [5.41, 5.74) is 8.71. The summed E-state index contributed by atoms with van der Waals surface area (Å²) in [5, 5.41) is 3.33. The Bertz CT molecular complexity index is 508. The molecule has 0 amide bonds. The molecule has 1 aromatic heterocycles. The summed E-state index contributed by atoms with van der Waals surface area (Å²) in [6.07, 6.45) is 1.68. The van der Waals surface area contributed by atoms with Crippen molar-refractivity contribution in [1.82, 2.24) is 4.98 Å². The normalized spacial score (nSPS) is 10.1. The van der Waals surface area contributed by atoms with Crippen molar-refractivity contribution < 1.29 is 0 Å². The molecule has 2 rings (SSSR count). The van der Waals surface area contributed by atoms with Crippen LogP contribution in [0.4, 0.5) is 17.2 Å². The molecule has 0 atom stereocenters. The largest absolute Gasteiger partial charge is 0.396 e. The summed E-state index contributed by atoms with van der Waals surface area (Å²) in [4.78, 5) is 6.21. The van der Waals surface area contributed by atoms with Crippen LogP contribution in [0.3, 0.4) is 0 Å². The monoisotopic (exact) mass is 242 g/mol. The van der Waals surface area contributed by atoms with Gasteiger partial charge in [-0.2, -0.15) is 0 Å². The number of aromatic nitrogens is 1. The third kappa shape index (κ3) is 2.91. The average Bonchev–Trinajstić information content (AvgIpc) is 2.38. The van der Waals surface area contributed by atoms with E-state index >= 15 is 0 Å². The second-order valence-electron chi connectivity index (χ2n) is 4.36. The van der Waals surface area contributed by atoms with E-state index in [1.165, 1.54) is 5.56 Å². The zero-order valence-corrected chi connectivity index (χ0v) is 10.7. The molecule has 1 aromatic carbocycles. The van der Waals surface area contributed by atoms with Gasteiger partial charge in [0.2, 0.25) is 0 Å². The maximum absolute atomic E-state index is 5.91. The number of pyridine rings is 1. The molecule has 0 bridgehead atoms. The summed E-state index contributed by atoms with van der Waals surface area (Å²) >= 11 is 0. The first-order valence-electron chi connectivity index (χ1n) is 5.87. The minimum Gasteiger partial charge on any atom is -0.396 e. The van der Waals surface area contributed by atoms with Crippen LogP contribution in [0.2, 0.25) is 0 Å². The molecule has 0 aliphatic heterocycles. The fraction of sp³-hybridized carbons (Fsp3) is 0.214. The van der Waals surface area contributed by atoms with Gasteiger partial charge >= 0.3 is 0 Å². The smallest absolute Gasteiger partial charge is 0.130 e. The highest BCUT2D eigenvalue weighted by atomic mass is 15.1. The quantitative estimate of drug-likeness (QED) is 0.864. The summed E-state index contributed by atoms with van der Waals surface area (Å²) in [7, 11) is 3.92. The van der Waals surface area contributed by atoms with Crippen LogP contribution in [0.25, 0.3) is 0 Å². The molecule has 18 heavy (non-hydrogen) atoms. The SMILES string of the molecule is CN(C)c1cc(NCc2ccccc2)c(N)cn1. The standard InChI is InChI=1S/C14H18N4/c1-18(2)14-8-13(12(15)10-17-14)16-9-11-6-4-3-5-7-11/h3-8,10H,9,15H2,1-2H3,(H,16,17). The number of anilines is 3. The van der Waals surface area contributed by atoms with Gasteiger partial charge in [0.05, 0.1) is 17.6 Å². The van der Waals surface area contributed by atoms with Crippen LogP contribution in [0.1, 0.15) is 5.56 Å². The Morgan fingerprint density at radius 3 is 2.61 bits per heavy atom. The fourth-order valence-electron chi connectivity index (χ4n) is 1.65. The lowest BCUT2D eigenvalue weighted by atomic mass is 10.2. The van der Waals surface area contributed by atoms with Crippen LogP contribution < -0.4 is 16.0 Å². The average molecular weight is 242 g/mol. The first-order valence-corrected chi connectivity index (χ1v) is 5.87. The number of nitrogen functional groups attached to an aromatic ring is 1. The van der Waals surface area contributed by atoms with E-state index in [2.05, 4.69) is 22.4 Å². The Hall–Kier alpha value is -2.23. The topological polar surface area (TPSA) is 54.2 Å². The molecule has 0 spiro atoms. The minimum absolute atomic E-state index is 0.663. The van der Waals surface area contributed by atoms with Gasteiger partial charge in [-0.1, -0.05) is 30.3 Å². The van der Waals surface area contributed by atoms with E-state index in [1.54, 1.807) is 6.20 Å². The molecule has 0 fully saturated rings. The van der Waals surface area contributed by atoms with E-state index in [1.807, 2.05) is 43.3 Å². The first-order chi connectivity index (χ1) is 8.66. The van der Waals surface area contributed by atoms with Crippen molar-refractivity contribution in [2.24, 2.45) is 0 Å². The van der Waals surface area contributed by atoms with E-state index in [-0.39, 0.29) is 0 Å². The molecule has 0 saturated carbocycles. The highest BCUT2D eigenvalue weighted by Gasteiger charge is 2.03. The number of nitrogens with two attached hydrogens (primary N) is 1. The molecular formula is C14H18N4. The summed E-state index contributed by atoms with van der Waals surface area (Å²) in [6, 6.07) is 12.2. The molecule has 1 heterocycles. The summed E-state index contributed by atoms with van der Waals surface area (Å²) in [6.45, 7) is 0.752. The van der Waals surface area contributed by atoms with Crippen LogP contribution in [0.5, 0.6) is 0 Å². The van der Waals surface area contributed by atoms with Crippen molar-refractivity contribution in [2.75, 3.05) is 30.0 Å². The van der Waals surface area contributed by atoms with Crippen LogP contribution >= 0.6 is 0 Å². The summed E-state index contributed by atoms with van der Waals surface area (Å²) in [5.74, 6) is 0.889. The molecule has 0 saturated heterocycles. The molecule has 4 heteroatoms. The number of rotatable bonds is 4. The Labute approximate surface area is 107 Å². The zero-order valence-electron chi connectivity index (χ0n) is 10.7. The maximum Gasteiger partial charge on any atom is 0.130 e. The molecule has 0 aliphatic rings. The van der Waals surface area contributed by atoms with Crippen LogP contribution in [0.15, 0.2) is 42.6 Å². The second-order valence-corrected chi connectivity index (χ2v) is 4.36. The molecule has 4 nitrogen and oxygen atoms in total. The number of nitrogens with one attached hydrogen (secondary N) is 1. The van der Waals surface area contributed by atoms with Gasteiger partial charge in [-0.15, -0.1) is 0 Å². The Morgan fingerprint density at radius 1 is 1.22 bits per heavy atom. The van der Waals surface area contributed by atoms with Crippen molar-refractivity contribution in [3.05, 3.63) is 48.2 Å². The zero-order chi connectivity index (χ0) is 13.0. The van der Waals surface area contributed by atoms with Crippen molar-refractivity contribution in [3.8, 4) is 0 Å². The maximum atomic E-state index is 5.91. The molecule has 3 N–H and O–H groups in total. The lowest BCUT2D eigenvalue weighted by molar-refractivity contribution is 1.06. The van der Waals surface area contributed by atoms with Gasteiger partial charge in [0.15, 0.2) is 0 Å². The highest BCUT2D eigenvalue weighted by molar-refractivity contribution is 5.69. The number of hydrogen-bond acceptors (Lipinski definition) is 4. The number of nitrogens with zero attached hydrogens (tertiary/aromatic N) is 2. The number of benzene rings is 1. The minimum atomic E-state index is 0.663. The fourth-order valence-corrected chi connectivity index (χ4v) is 1.65. The van der Waals surface area contributed by atoms with Gasteiger partial charge in [0.25, 0.3) is 0 Å². The molecule has 94 valence electrons. The van der Waals surface area contributed by atoms with Gasteiger partial charge in [0, 0.05) is 26.7 Å². The van der Waals surface area contributed by atoms with Gasteiger partial charge in [-0.05, 0) is 5.56 Å². The van der Waals surface area contributed by atoms with Gasteiger partial charge in [0.1, 0.15) is 5.82 Å².